The number of hydrogen-bond acceptors (Lipinski definition) is 5. The Labute approximate surface area is 170 Å². The Morgan fingerprint density at radius 2 is 1.83 bits per heavy atom. The highest BCUT2D eigenvalue weighted by molar-refractivity contribution is 5.95. The zero-order chi connectivity index (χ0) is 20.2. The second kappa shape index (κ2) is 8.55. The van der Waals surface area contributed by atoms with E-state index in [0.29, 0.717) is 37.5 Å². The van der Waals surface area contributed by atoms with Gasteiger partial charge in [0.1, 0.15) is 19.0 Å². The first kappa shape index (κ1) is 19.3. The third-order valence-electron chi connectivity index (χ3n) is 5.38. The molecule has 2 aliphatic heterocycles. The summed E-state index contributed by atoms with van der Waals surface area (Å²) >= 11 is 0. The standard InChI is InChI=1S/C23H25NO5/c1-2-20(25)16-5-8-18(9-6-16)29-15-23(26)24-11-3-4-19(24)17-7-10-21-22(14-17)28-13-12-27-21/h5-10,14,19H,2-4,11-13,15H2,1H3/t19-/m0/s1. The van der Waals surface area contributed by atoms with Gasteiger partial charge in [0.2, 0.25) is 0 Å². The minimum absolute atomic E-state index is 0.0199. The Morgan fingerprint density at radius 3 is 2.59 bits per heavy atom. The highest BCUT2D eigenvalue weighted by atomic mass is 16.6. The highest BCUT2D eigenvalue weighted by Crippen LogP contribution is 2.38. The average molecular weight is 395 g/mol. The average Bonchev–Trinajstić information content (AvgIpc) is 3.27. The molecule has 2 aromatic rings. The van der Waals surface area contributed by atoms with Gasteiger partial charge in [-0.3, -0.25) is 9.59 Å². The molecule has 0 radical (unpaired) electrons. The van der Waals surface area contributed by atoms with Crippen molar-refractivity contribution in [3.63, 3.8) is 0 Å². The zero-order valence-corrected chi connectivity index (χ0v) is 16.6. The van der Waals surface area contributed by atoms with Gasteiger partial charge >= 0.3 is 0 Å². The second-order valence-corrected chi connectivity index (χ2v) is 7.24. The molecule has 2 heterocycles. The van der Waals surface area contributed by atoms with E-state index in [1.54, 1.807) is 24.3 Å². The monoisotopic (exact) mass is 395 g/mol. The highest BCUT2D eigenvalue weighted by Gasteiger charge is 2.31. The van der Waals surface area contributed by atoms with Crippen LogP contribution < -0.4 is 14.2 Å². The maximum atomic E-state index is 12.8. The molecule has 6 nitrogen and oxygen atoms in total. The van der Waals surface area contributed by atoms with Crippen LogP contribution in [0.15, 0.2) is 42.5 Å². The van der Waals surface area contributed by atoms with E-state index in [1.807, 2.05) is 30.0 Å². The molecule has 1 atom stereocenters. The molecule has 0 saturated carbocycles. The maximum Gasteiger partial charge on any atom is 0.261 e. The molecule has 0 unspecified atom stereocenters. The van der Waals surface area contributed by atoms with E-state index in [1.165, 1.54) is 0 Å². The van der Waals surface area contributed by atoms with Crippen LogP contribution in [0.4, 0.5) is 0 Å². The Bertz CT molecular complexity index is 893. The van der Waals surface area contributed by atoms with Crippen LogP contribution in [0.5, 0.6) is 17.2 Å². The number of amides is 1. The van der Waals surface area contributed by atoms with Gasteiger partial charge in [-0.15, -0.1) is 0 Å². The molecule has 1 saturated heterocycles. The maximum absolute atomic E-state index is 12.8. The van der Waals surface area contributed by atoms with E-state index in [4.69, 9.17) is 14.2 Å². The summed E-state index contributed by atoms with van der Waals surface area (Å²) in [4.78, 5) is 26.4. The molecular formula is C23H25NO5. The first-order valence-corrected chi connectivity index (χ1v) is 10.1. The first-order valence-electron chi connectivity index (χ1n) is 10.1. The Kier molecular flexibility index (Phi) is 5.69. The number of ketones is 1. The van der Waals surface area contributed by atoms with Gasteiger partial charge in [0.05, 0.1) is 6.04 Å². The summed E-state index contributed by atoms with van der Waals surface area (Å²) in [5.41, 5.74) is 1.71. The second-order valence-electron chi connectivity index (χ2n) is 7.24. The summed E-state index contributed by atoms with van der Waals surface area (Å²) in [5.74, 6) is 2.12. The Morgan fingerprint density at radius 1 is 1.07 bits per heavy atom. The summed E-state index contributed by atoms with van der Waals surface area (Å²) in [7, 11) is 0. The van der Waals surface area contributed by atoms with E-state index in [9.17, 15) is 9.59 Å². The van der Waals surface area contributed by atoms with Gasteiger partial charge < -0.3 is 19.1 Å². The number of carbonyl (C=O) groups excluding carboxylic acids is 2. The van der Waals surface area contributed by atoms with Crippen molar-refractivity contribution >= 4 is 11.7 Å². The minimum atomic E-state index is -0.0453. The van der Waals surface area contributed by atoms with Crippen molar-refractivity contribution in [3.05, 3.63) is 53.6 Å². The van der Waals surface area contributed by atoms with Gasteiger partial charge in [-0.1, -0.05) is 13.0 Å². The van der Waals surface area contributed by atoms with Crippen molar-refractivity contribution in [3.8, 4) is 17.2 Å². The summed E-state index contributed by atoms with van der Waals surface area (Å²) in [6.07, 6.45) is 2.34. The van der Waals surface area contributed by atoms with Gasteiger partial charge in [0.25, 0.3) is 5.91 Å². The molecule has 152 valence electrons. The van der Waals surface area contributed by atoms with Gasteiger partial charge in [0, 0.05) is 18.5 Å². The molecule has 0 aromatic heterocycles. The quantitative estimate of drug-likeness (QED) is 0.696. The van der Waals surface area contributed by atoms with Gasteiger partial charge in [0.15, 0.2) is 23.9 Å². The third-order valence-corrected chi connectivity index (χ3v) is 5.38. The smallest absolute Gasteiger partial charge is 0.261 e. The van der Waals surface area contributed by atoms with Crippen LogP contribution in [0.1, 0.15) is 48.1 Å². The van der Waals surface area contributed by atoms with Crippen molar-refractivity contribution in [2.45, 2.75) is 32.2 Å². The molecule has 2 aromatic carbocycles. The zero-order valence-electron chi connectivity index (χ0n) is 16.6. The van der Waals surface area contributed by atoms with Crippen LogP contribution in [-0.2, 0) is 4.79 Å². The number of nitrogens with zero attached hydrogens (tertiary/aromatic N) is 1. The molecule has 1 amide bonds. The van der Waals surface area contributed by atoms with E-state index in [0.717, 1.165) is 29.9 Å². The fourth-order valence-corrected chi connectivity index (χ4v) is 3.85. The summed E-state index contributed by atoms with van der Waals surface area (Å²) in [6, 6.07) is 12.9. The van der Waals surface area contributed by atoms with Crippen LogP contribution in [-0.4, -0.2) is 43.0 Å². The van der Waals surface area contributed by atoms with Gasteiger partial charge in [-0.05, 0) is 54.8 Å². The molecule has 0 N–H and O–H groups in total. The Hall–Kier alpha value is -3.02. The number of hydrogen-bond donors (Lipinski definition) is 0. The topological polar surface area (TPSA) is 65.1 Å². The molecule has 0 aliphatic carbocycles. The van der Waals surface area contributed by atoms with Gasteiger partial charge in [-0.25, -0.2) is 0 Å². The fourth-order valence-electron chi connectivity index (χ4n) is 3.85. The Balaban J connectivity index is 1.39. The molecule has 1 fully saturated rings. The predicted molar refractivity (Wildman–Crippen MR) is 108 cm³/mol. The van der Waals surface area contributed by atoms with Crippen molar-refractivity contribution in [1.82, 2.24) is 4.90 Å². The lowest BCUT2D eigenvalue weighted by molar-refractivity contribution is -0.134. The van der Waals surface area contributed by atoms with Crippen LogP contribution >= 0.6 is 0 Å². The van der Waals surface area contributed by atoms with Crippen LogP contribution in [0, 0.1) is 0 Å². The molecule has 2 aliphatic rings. The predicted octanol–water partition coefficient (Wildman–Crippen LogP) is 3.79. The van der Waals surface area contributed by atoms with E-state index < -0.39 is 0 Å². The lowest BCUT2D eigenvalue weighted by Gasteiger charge is -2.26. The number of fused-ring (bicyclic) bond motifs is 1. The lowest BCUT2D eigenvalue weighted by Crippen LogP contribution is -2.34. The molecule has 0 bridgehead atoms. The fraction of sp³-hybridized carbons (Fsp3) is 0.391. The normalized spacial score (nSPS) is 17.8. The molecule has 4 rings (SSSR count). The third kappa shape index (κ3) is 4.21. The largest absolute Gasteiger partial charge is 0.486 e. The van der Waals surface area contributed by atoms with Crippen molar-refractivity contribution < 1.29 is 23.8 Å². The van der Waals surface area contributed by atoms with E-state index in [-0.39, 0.29) is 24.3 Å². The number of benzene rings is 2. The SMILES string of the molecule is CCC(=O)c1ccc(OCC(=O)N2CCC[C@H]2c2ccc3c(c2)OCCO3)cc1. The van der Waals surface area contributed by atoms with Crippen LogP contribution in [0.25, 0.3) is 0 Å². The number of likely N-dealkylation sites (tertiary alicyclic amines) is 1. The lowest BCUT2D eigenvalue weighted by atomic mass is 10.0. The molecular weight excluding hydrogens is 370 g/mol. The molecule has 0 spiro atoms. The van der Waals surface area contributed by atoms with Crippen molar-refractivity contribution in [2.24, 2.45) is 0 Å². The summed E-state index contributed by atoms with van der Waals surface area (Å²) < 4.78 is 16.9. The number of carbonyl (C=O) groups is 2. The van der Waals surface area contributed by atoms with Crippen LogP contribution in [0.3, 0.4) is 0 Å². The molecule has 6 heteroatoms. The van der Waals surface area contributed by atoms with Crippen LogP contribution in [0.2, 0.25) is 0 Å². The van der Waals surface area contributed by atoms with E-state index >= 15 is 0 Å². The van der Waals surface area contributed by atoms with Gasteiger partial charge in [-0.2, -0.15) is 0 Å². The number of Topliss-reactive ketones (excluding diaryl/α,β-unsaturated/α-hetero) is 1. The first-order chi connectivity index (χ1) is 14.2. The number of rotatable bonds is 6. The summed E-state index contributed by atoms with van der Waals surface area (Å²) in [6.45, 7) is 3.62. The van der Waals surface area contributed by atoms with Crippen molar-refractivity contribution in [1.29, 1.82) is 0 Å². The van der Waals surface area contributed by atoms with Crippen molar-refractivity contribution in [2.75, 3.05) is 26.4 Å². The molecule has 29 heavy (non-hydrogen) atoms. The minimum Gasteiger partial charge on any atom is -0.486 e. The number of ether oxygens (including phenoxy) is 3. The summed E-state index contributed by atoms with van der Waals surface area (Å²) in [5, 5.41) is 0. The van der Waals surface area contributed by atoms with E-state index in [2.05, 4.69) is 0 Å².